The number of rotatable bonds is 3. The van der Waals surface area contributed by atoms with Crippen LogP contribution in [-0.2, 0) is 4.74 Å². The van der Waals surface area contributed by atoms with Gasteiger partial charge in [-0.25, -0.2) is 0 Å². The van der Waals surface area contributed by atoms with Crippen molar-refractivity contribution in [1.82, 2.24) is 5.32 Å². The molecule has 2 atom stereocenters. The van der Waals surface area contributed by atoms with Gasteiger partial charge >= 0.3 is 0 Å². The van der Waals surface area contributed by atoms with E-state index >= 15 is 0 Å². The first kappa shape index (κ1) is 11.4. The molecular formula is C13H19NO2. The second-order valence-corrected chi connectivity index (χ2v) is 4.87. The molecule has 1 saturated heterocycles. The van der Waals surface area contributed by atoms with Crippen molar-refractivity contribution in [1.29, 1.82) is 0 Å². The molecule has 0 saturated carbocycles. The fraction of sp³-hybridized carbons (Fsp3) is 0.538. The molecule has 1 fully saturated rings. The number of hydrogen-bond acceptors (Lipinski definition) is 3. The topological polar surface area (TPSA) is 41.5 Å². The molecule has 2 unspecified atom stereocenters. The zero-order chi connectivity index (χ0) is 11.6. The molecule has 0 amide bonds. The SMILES string of the molecule is COCC1(C)CC(c2ccc(O)cc2)CN1. The molecule has 2 N–H and O–H groups in total. The molecule has 2 rings (SSSR count). The summed E-state index contributed by atoms with van der Waals surface area (Å²) in [6.45, 7) is 3.91. The molecular weight excluding hydrogens is 202 g/mol. The molecule has 0 aromatic heterocycles. The molecule has 1 aromatic rings. The van der Waals surface area contributed by atoms with Crippen LogP contribution in [0.25, 0.3) is 0 Å². The summed E-state index contributed by atoms with van der Waals surface area (Å²) in [7, 11) is 1.74. The van der Waals surface area contributed by atoms with Crippen LogP contribution in [-0.4, -0.2) is 30.9 Å². The maximum atomic E-state index is 9.25. The summed E-state index contributed by atoms with van der Waals surface area (Å²) in [5.74, 6) is 0.843. The third-order valence-electron chi connectivity index (χ3n) is 3.30. The van der Waals surface area contributed by atoms with Crippen molar-refractivity contribution in [3.05, 3.63) is 29.8 Å². The van der Waals surface area contributed by atoms with E-state index in [1.807, 2.05) is 12.1 Å². The van der Waals surface area contributed by atoms with Crippen molar-refractivity contribution in [3.8, 4) is 5.75 Å². The fourth-order valence-electron chi connectivity index (χ4n) is 2.47. The van der Waals surface area contributed by atoms with Crippen molar-refractivity contribution in [2.45, 2.75) is 24.8 Å². The number of hydrogen-bond donors (Lipinski definition) is 2. The number of benzene rings is 1. The fourth-order valence-corrected chi connectivity index (χ4v) is 2.47. The minimum Gasteiger partial charge on any atom is -0.508 e. The number of phenolic OH excluding ortho intramolecular Hbond substituents is 1. The van der Waals surface area contributed by atoms with Crippen LogP contribution in [0.4, 0.5) is 0 Å². The first-order valence-electron chi connectivity index (χ1n) is 5.66. The quantitative estimate of drug-likeness (QED) is 0.818. The molecule has 0 aliphatic carbocycles. The smallest absolute Gasteiger partial charge is 0.115 e. The summed E-state index contributed by atoms with van der Waals surface area (Å²) in [6.07, 6.45) is 1.08. The summed E-state index contributed by atoms with van der Waals surface area (Å²) < 4.78 is 5.23. The molecule has 1 aliphatic heterocycles. The average molecular weight is 221 g/mol. The number of aromatic hydroxyl groups is 1. The highest BCUT2D eigenvalue weighted by Gasteiger charge is 2.35. The van der Waals surface area contributed by atoms with Gasteiger partial charge in [-0.3, -0.25) is 0 Å². The van der Waals surface area contributed by atoms with Gasteiger partial charge in [-0.1, -0.05) is 12.1 Å². The lowest BCUT2D eigenvalue weighted by Gasteiger charge is -2.23. The Bertz CT molecular complexity index is 349. The summed E-state index contributed by atoms with van der Waals surface area (Å²) in [6, 6.07) is 7.50. The first-order valence-corrected chi connectivity index (χ1v) is 5.66. The Hall–Kier alpha value is -1.06. The highest BCUT2D eigenvalue weighted by Crippen LogP contribution is 2.32. The van der Waals surface area contributed by atoms with E-state index in [1.165, 1.54) is 5.56 Å². The zero-order valence-corrected chi connectivity index (χ0v) is 9.86. The van der Waals surface area contributed by atoms with Crippen LogP contribution in [0, 0.1) is 0 Å². The van der Waals surface area contributed by atoms with Crippen molar-refractivity contribution in [2.24, 2.45) is 0 Å². The van der Waals surface area contributed by atoms with Crippen LogP contribution in [0.1, 0.15) is 24.8 Å². The maximum Gasteiger partial charge on any atom is 0.115 e. The van der Waals surface area contributed by atoms with Crippen molar-refractivity contribution < 1.29 is 9.84 Å². The Balaban J connectivity index is 2.06. The zero-order valence-electron chi connectivity index (χ0n) is 9.86. The van der Waals surface area contributed by atoms with Gasteiger partial charge in [-0.15, -0.1) is 0 Å². The Morgan fingerprint density at radius 1 is 1.44 bits per heavy atom. The van der Waals surface area contributed by atoms with Crippen molar-refractivity contribution in [3.63, 3.8) is 0 Å². The Kier molecular flexibility index (Phi) is 3.17. The van der Waals surface area contributed by atoms with E-state index in [2.05, 4.69) is 12.2 Å². The van der Waals surface area contributed by atoms with Gasteiger partial charge in [0.25, 0.3) is 0 Å². The number of phenols is 1. The Labute approximate surface area is 96.4 Å². The van der Waals surface area contributed by atoms with E-state index < -0.39 is 0 Å². The molecule has 88 valence electrons. The standard InChI is InChI=1S/C13H19NO2/c1-13(9-16-2)7-11(8-14-13)10-3-5-12(15)6-4-10/h3-6,11,14-15H,7-9H2,1-2H3. The minimum atomic E-state index is 0.0807. The Morgan fingerprint density at radius 2 is 2.12 bits per heavy atom. The van der Waals surface area contributed by atoms with Gasteiger partial charge < -0.3 is 15.2 Å². The lowest BCUT2D eigenvalue weighted by atomic mass is 9.90. The van der Waals surface area contributed by atoms with Gasteiger partial charge in [0.2, 0.25) is 0 Å². The molecule has 0 radical (unpaired) electrons. The molecule has 1 aromatic carbocycles. The highest BCUT2D eigenvalue weighted by molar-refractivity contribution is 5.29. The normalized spacial score (nSPS) is 29.5. The molecule has 1 aliphatic rings. The van der Waals surface area contributed by atoms with Crippen molar-refractivity contribution >= 4 is 0 Å². The predicted octanol–water partition coefficient (Wildman–Crippen LogP) is 1.87. The molecule has 16 heavy (non-hydrogen) atoms. The van der Waals surface area contributed by atoms with E-state index in [0.717, 1.165) is 19.6 Å². The monoisotopic (exact) mass is 221 g/mol. The third-order valence-corrected chi connectivity index (χ3v) is 3.30. The second-order valence-electron chi connectivity index (χ2n) is 4.87. The van der Waals surface area contributed by atoms with E-state index in [4.69, 9.17) is 4.74 Å². The minimum absolute atomic E-state index is 0.0807. The third kappa shape index (κ3) is 2.36. The van der Waals surface area contributed by atoms with E-state index in [0.29, 0.717) is 11.7 Å². The summed E-state index contributed by atoms with van der Waals surface area (Å²) in [5.41, 5.74) is 1.36. The van der Waals surface area contributed by atoms with Crippen molar-refractivity contribution in [2.75, 3.05) is 20.3 Å². The number of nitrogens with one attached hydrogen (secondary N) is 1. The molecule has 1 heterocycles. The highest BCUT2D eigenvalue weighted by atomic mass is 16.5. The number of methoxy groups -OCH3 is 1. The Morgan fingerprint density at radius 3 is 2.75 bits per heavy atom. The largest absolute Gasteiger partial charge is 0.508 e. The summed E-state index contributed by atoms with van der Waals surface area (Å²) >= 11 is 0. The van der Waals surface area contributed by atoms with Gasteiger partial charge in [-0.2, -0.15) is 0 Å². The number of ether oxygens (including phenoxy) is 1. The van der Waals surface area contributed by atoms with Crippen LogP contribution in [0.2, 0.25) is 0 Å². The summed E-state index contributed by atoms with van der Waals surface area (Å²) in [5, 5.41) is 12.8. The van der Waals surface area contributed by atoms with Crippen LogP contribution < -0.4 is 5.32 Å². The molecule has 3 nitrogen and oxygen atoms in total. The van der Waals surface area contributed by atoms with Crippen LogP contribution >= 0.6 is 0 Å². The average Bonchev–Trinajstić information content (AvgIpc) is 2.62. The van der Waals surface area contributed by atoms with E-state index in [1.54, 1.807) is 19.2 Å². The van der Waals surface area contributed by atoms with Gasteiger partial charge in [0.1, 0.15) is 5.75 Å². The summed E-state index contributed by atoms with van der Waals surface area (Å²) in [4.78, 5) is 0. The molecule has 3 heteroatoms. The lowest BCUT2D eigenvalue weighted by molar-refractivity contribution is 0.129. The van der Waals surface area contributed by atoms with Gasteiger partial charge in [-0.05, 0) is 37.0 Å². The molecule has 0 spiro atoms. The maximum absolute atomic E-state index is 9.25. The van der Waals surface area contributed by atoms with E-state index in [-0.39, 0.29) is 5.54 Å². The van der Waals surface area contributed by atoms with Gasteiger partial charge in [0.05, 0.1) is 6.61 Å². The van der Waals surface area contributed by atoms with Crippen LogP contribution in [0.3, 0.4) is 0 Å². The van der Waals surface area contributed by atoms with Crippen LogP contribution in [0.5, 0.6) is 5.75 Å². The molecule has 0 bridgehead atoms. The lowest BCUT2D eigenvalue weighted by Crippen LogP contribution is -2.40. The first-order chi connectivity index (χ1) is 7.63. The van der Waals surface area contributed by atoms with Gasteiger partial charge in [0, 0.05) is 19.2 Å². The van der Waals surface area contributed by atoms with Crippen LogP contribution in [0.15, 0.2) is 24.3 Å². The van der Waals surface area contributed by atoms with E-state index in [9.17, 15) is 5.11 Å². The second kappa shape index (κ2) is 4.44. The van der Waals surface area contributed by atoms with Gasteiger partial charge in [0.15, 0.2) is 0 Å². The predicted molar refractivity (Wildman–Crippen MR) is 63.7 cm³/mol.